The van der Waals surface area contributed by atoms with Crippen LogP contribution < -0.4 is 10.2 Å². The van der Waals surface area contributed by atoms with Crippen molar-refractivity contribution in [3.63, 3.8) is 0 Å². The molecule has 0 aliphatic heterocycles. The van der Waals surface area contributed by atoms with Gasteiger partial charge in [-0.25, -0.2) is 4.98 Å². The van der Waals surface area contributed by atoms with Crippen molar-refractivity contribution in [2.24, 2.45) is 0 Å². The van der Waals surface area contributed by atoms with E-state index in [1.807, 2.05) is 6.08 Å². The van der Waals surface area contributed by atoms with E-state index in [1.54, 1.807) is 0 Å². The lowest BCUT2D eigenvalue weighted by molar-refractivity contribution is 0.671. The normalized spacial score (nSPS) is 14.5. The van der Waals surface area contributed by atoms with Crippen molar-refractivity contribution in [2.45, 2.75) is 58.5 Å². The van der Waals surface area contributed by atoms with Crippen molar-refractivity contribution in [1.29, 1.82) is 0 Å². The second-order valence-electron chi connectivity index (χ2n) is 6.26. The largest absolute Gasteiger partial charge is 0.350 e. The molecule has 3 nitrogen and oxygen atoms in total. The Kier molecular flexibility index (Phi) is 5.80. The van der Waals surface area contributed by atoms with Gasteiger partial charge in [-0.05, 0) is 49.4 Å². The van der Waals surface area contributed by atoms with Gasteiger partial charge < -0.3 is 10.2 Å². The maximum atomic E-state index is 4.89. The predicted octanol–water partition coefficient (Wildman–Crippen LogP) is 3.86. The first kappa shape index (κ1) is 16.0. The summed E-state index contributed by atoms with van der Waals surface area (Å²) in [6, 6.07) is 5.15. The van der Waals surface area contributed by atoms with Gasteiger partial charge in [-0.15, -0.1) is 6.58 Å². The molecule has 1 heterocycles. The molecule has 1 fully saturated rings. The molecule has 1 N–H and O–H groups in total. The molecule has 0 radical (unpaired) electrons. The minimum absolute atomic E-state index is 0.458. The van der Waals surface area contributed by atoms with E-state index in [4.69, 9.17) is 4.98 Å². The lowest BCUT2D eigenvalue weighted by Gasteiger charge is -2.24. The highest BCUT2D eigenvalue weighted by atomic mass is 15.2. The third kappa shape index (κ3) is 4.57. The van der Waals surface area contributed by atoms with E-state index in [1.165, 1.54) is 30.5 Å². The summed E-state index contributed by atoms with van der Waals surface area (Å²) < 4.78 is 0. The molecule has 0 amide bonds. The van der Waals surface area contributed by atoms with Gasteiger partial charge in [0.1, 0.15) is 5.82 Å². The molecule has 0 atom stereocenters. The van der Waals surface area contributed by atoms with Crippen molar-refractivity contribution in [3.05, 3.63) is 36.0 Å². The van der Waals surface area contributed by atoms with Crippen LogP contribution in [0.5, 0.6) is 0 Å². The number of pyridine rings is 1. The molecule has 3 heteroatoms. The average Bonchev–Trinajstić information content (AvgIpc) is 3.29. The van der Waals surface area contributed by atoms with Gasteiger partial charge in [0.2, 0.25) is 0 Å². The molecule has 0 unspecified atom stereocenters. The smallest absolute Gasteiger partial charge is 0.129 e. The fourth-order valence-corrected chi connectivity index (χ4v) is 2.50. The van der Waals surface area contributed by atoms with Crippen LogP contribution in [-0.4, -0.2) is 24.1 Å². The third-order valence-corrected chi connectivity index (χ3v) is 3.85. The van der Waals surface area contributed by atoms with E-state index in [2.05, 4.69) is 49.7 Å². The highest BCUT2D eigenvalue weighted by molar-refractivity contribution is 5.46. The van der Waals surface area contributed by atoms with Gasteiger partial charge in [0.15, 0.2) is 0 Å². The summed E-state index contributed by atoms with van der Waals surface area (Å²) in [5.74, 6) is 1.58. The molecule has 2 rings (SSSR count). The average molecular weight is 287 g/mol. The number of nitrogens with zero attached hydrogens (tertiary/aromatic N) is 2. The van der Waals surface area contributed by atoms with Crippen LogP contribution in [-0.2, 0) is 6.54 Å². The Labute approximate surface area is 129 Å². The highest BCUT2D eigenvalue weighted by Gasteiger charge is 2.29. The Bertz CT molecular complexity index is 464. The van der Waals surface area contributed by atoms with Crippen LogP contribution in [0.25, 0.3) is 0 Å². The van der Waals surface area contributed by atoms with Crippen molar-refractivity contribution < 1.29 is 0 Å². The molecule has 116 valence electrons. The summed E-state index contributed by atoms with van der Waals surface area (Å²) in [5.41, 5.74) is 2.53. The van der Waals surface area contributed by atoms with Crippen molar-refractivity contribution in [2.75, 3.05) is 18.0 Å². The zero-order chi connectivity index (χ0) is 15.2. The topological polar surface area (TPSA) is 28.2 Å². The summed E-state index contributed by atoms with van der Waals surface area (Å²) in [4.78, 5) is 7.30. The lowest BCUT2D eigenvalue weighted by atomic mass is 10.1. The number of nitrogens with one attached hydrogen (secondary N) is 1. The van der Waals surface area contributed by atoms with Gasteiger partial charge in [0, 0.05) is 24.8 Å². The van der Waals surface area contributed by atoms with Gasteiger partial charge in [0.05, 0.1) is 0 Å². The molecule has 0 spiro atoms. The van der Waals surface area contributed by atoms with E-state index in [0.29, 0.717) is 12.0 Å². The quantitative estimate of drug-likeness (QED) is 0.552. The van der Waals surface area contributed by atoms with Crippen LogP contribution in [0.1, 0.15) is 57.2 Å². The monoisotopic (exact) mass is 287 g/mol. The van der Waals surface area contributed by atoms with E-state index in [-0.39, 0.29) is 0 Å². The zero-order valence-electron chi connectivity index (χ0n) is 13.7. The van der Waals surface area contributed by atoms with E-state index < -0.39 is 0 Å². The summed E-state index contributed by atoms with van der Waals surface area (Å²) >= 11 is 0. The van der Waals surface area contributed by atoms with Crippen LogP contribution in [0.3, 0.4) is 0 Å². The molecule has 1 aliphatic carbocycles. The Morgan fingerprint density at radius 1 is 1.43 bits per heavy atom. The lowest BCUT2D eigenvalue weighted by Crippen LogP contribution is -2.27. The fourth-order valence-electron chi connectivity index (χ4n) is 2.50. The number of anilines is 1. The minimum atomic E-state index is 0.458. The molecule has 1 aromatic rings. The zero-order valence-corrected chi connectivity index (χ0v) is 13.7. The molecule has 1 aromatic heterocycles. The predicted molar refractivity (Wildman–Crippen MR) is 90.9 cm³/mol. The van der Waals surface area contributed by atoms with Gasteiger partial charge in [0.25, 0.3) is 0 Å². The molecule has 0 saturated heterocycles. The van der Waals surface area contributed by atoms with Crippen molar-refractivity contribution >= 4 is 5.82 Å². The van der Waals surface area contributed by atoms with Crippen LogP contribution in [0.2, 0.25) is 0 Å². The van der Waals surface area contributed by atoms with Crippen molar-refractivity contribution in [1.82, 2.24) is 10.3 Å². The van der Waals surface area contributed by atoms with Gasteiger partial charge in [-0.3, -0.25) is 0 Å². The maximum Gasteiger partial charge on any atom is 0.129 e. The first-order valence-electron chi connectivity index (χ1n) is 8.24. The number of hydrogen-bond donors (Lipinski definition) is 1. The van der Waals surface area contributed by atoms with Gasteiger partial charge >= 0.3 is 0 Å². The number of aromatic nitrogens is 1. The summed E-state index contributed by atoms with van der Waals surface area (Å²) in [5, 5.41) is 3.49. The molecule has 0 bridgehead atoms. The second-order valence-corrected chi connectivity index (χ2v) is 6.26. The molecule has 1 aliphatic rings. The van der Waals surface area contributed by atoms with Crippen LogP contribution in [0, 0.1) is 0 Å². The molecule has 0 aromatic carbocycles. The standard InChI is InChI=1S/C18H29N3/c1-5-9-19-13-15-11-17(14(3)4)20-18(12-15)21(10-6-2)16-7-8-16/h6,11-12,14,16,19H,2,5,7-10,13H2,1,3-4H3. The molecule has 1 saturated carbocycles. The van der Waals surface area contributed by atoms with E-state index >= 15 is 0 Å². The Balaban J connectivity index is 2.23. The minimum Gasteiger partial charge on any atom is -0.350 e. The fraction of sp³-hybridized carbons (Fsp3) is 0.611. The Hall–Kier alpha value is -1.35. The van der Waals surface area contributed by atoms with Gasteiger partial charge in [-0.1, -0.05) is 26.8 Å². The summed E-state index contributed by atoms with van der Waals surface area (Å²) in [6.45, 7) is 13.4. The number of hydrogen-bond acceptors (Lipinski definition) is 3. The molecular formula is C18H29N3. The van der Waals surface area contributed by atoms with Gasteiger partial charge in [-0.2, -0.15) is 0 Å². The Morgan fingerprint density at radius 3 is 2.76 bits per heavy atom. The summed E-state index contributed by atoms with van der Waals surface area (Å²) in [6.07, 6.45) is 5.71. The first-order valence-corrected chi connectivity index (χ1v) is 8.24. The second kappa shape index (κ2) is 7.60. The van der Waals surface area contributed by atoms with E-state index in [9.17, 15) is 0 Å². The third-order valence-electron chi connectivity index (χ3n) is 3.85. The van der Waals surface area contributed by atoms with Crippen LogP contribution in [0.4, 0.5) is 5.82 Å². The summed E-state index contributed by atoms with van der Waals surface area (Å²) in [7, 11) is 0. The van der Waals surface area contributed by atoms with Crippen LogP contribution in [0.15, 0.2) is 24.8 Å². The highest BCUT2D eigenvalue weighted by Crippen LogP contribution is 2.31. The maximum absolute atomic E-state index is 4.89. The Morgan fingerprint density at radius 2 is 2.19 bits per heavy atom. The first-order chi connectivity index (χ1) is 10.2. The van der Waals surface area contributed by atoms with E-state index in [0.717, 1.165) is 25.5 Å². The molecule has 21 heavy (non-hydrogen) atoms. The SMILES string of the molecule is C=CCN(c1cc(CNCCC)cc(C(C)C)n1)C1CC1. The molecular weight excluding hydrogens is 258 g/mol. The number of rotatable bonds is 9. The van der Waals surface area contributed by atoms with Crippen molar-refractivity contribution in [3.8, 4) is 0 Å². The van der Waals surface area contributed by atoms with Crippen LogP contribution >= 0.6 is 0 Å².